The summed E-state index contributed by atoms with van der Waals surface area (Å²) < 4.78 is 0. The average Bonchev–Trinajstić information content (AvgIpc) is 2.39. The van der Waals surface area contributed by atoms with Gasteiger partial charge in [0.05, 0.1) is 16.3 Å². The molecule has 0 radical (unpaired) electrons. The van der Waals surface area contributed by atoms with Gasteiger partial charge in [0.15, 0.2) is 0 Å². The number of nitrogen functional groups attached to an aromatic ring is 1. The molecule has 1 aromatic rings. The number of piperidine rings is 1. The maximum atomic E-state index is 11.6. The Balaban J connectivity index is 2.23. The molecule has 2 rings (SSSR count). The number of rotatable bonds is 4. The first-order valence-corrected chi connectivity index (χ1v) is 7.54. The molecule has 1 heterocycles. The molecule has 5 heteroatoms. The first-order valence-electron chi connectivity index (χ1n) is 7.16. The maximum Gasteiger partial charge on any atom is 0.250 e. The second-order valence-electron chi connectivity index (χ2n) is 5.48. The summed E-state index contributed by atoms with van der Waals surface area (Å²) in [6.45, 7) is 4.04. The number of nitrogens with zero attached hydrogens (tertiary/aromatic N) is 1. The lowest BCUT2D eigenvalue weighted by atomic mass is 9.92. The molecule has 1 aliphatic heterocycles. The van der Waals surface area contributed by atoms with Crippen molar-refractivity contribution in [3.8, 4) is 0 Å². The van der Waals surface area contributed by atoms with Crippen molar-refractivity contribution in [2.45, 2.75) is 32.6 Å². The molecule has 1 saturated heterocycles. The highest BCUT2D eigenvalue weighted by molar-refractivity contribution is 6.34. The van der Waals surface area contributed by atoms with E-state index in [4.69, 9.17) is 23.1 Å². The number of primary amides is 1. The highest BCUT2D eigenvalue weighted by Gasteiger charge is 2.24. The summed E-state index contributed by atoms with van der Waals surface area (Å²) in [6, 6.07) is 3.29. The number of hydrogen-bond donors (Lipinski definition) is 2. The Morgan fingerprint density at radius 2 is 2.05 bits per heavy atom. The van der Waals surface area contributed by atoms with Crippen LogP contribution in [0, 0.1) is 5.92 Å². The lowest BCUT2D eigenvalue weighted by Crippen LogP contribution is -2.35. The molecule has 0 aliphatic carbocycles. The number of hydrogen-bond acceptors (Lipinski definition) is 3. The molecule has 1 fully saturated rings. The molecule has 0 spiro atoms. The van der Waals surface area contributed by atoms with Gasteiger partial charge < -0.3 is 16.4 Å². The average molecular weight is 296 g/mol. The summed E-state index contributed by atoms with van der Waals surface area (Å²) in [7, 11) is 0. The third kappa shape index (κ3) is 3.18. The van der Waals surface area contributed by atoms with Crippen molar-refractivity contribution in [3.05, 3.63) is 22.7 Å². The minimum absolute atomic E-state index is 0.420. The highest BCUT2D eigenvalue weighted by atomic mass is 35.5. The molecule has 1 amide bonds. The Hall–Kier alpha value is -1.42. The van der Waals surface area contributed by atoms with E-state index in [0.717, 1.165) is 37.5 Å². The van der Waals surface area contributed by atoms with Crippen LogP contribution in [0.25, 0.3) is 0 Å². The van der Waals surface area contributed by atoms with Crippen molar-refractivity contribution in [1.82, 2.24) is 0 Å². The van der Waals surface area contributed by atoms with Gasteiger partial charge in [-0.15, -0.1) is 0 Å². The van der Waals surface area contributed by atoms with Crippen LogP contribution in [0.15, 0.2) is 12.1 Å². The number of carbonyl (C=O) groups excluding carboxylic acids is 1. The van der Waals surface area contributed by atoms with Gasteiger partial charge in [-0.25, -0.2) is 0 Å². The van der Waals surface area contributed by atoms with Crippen LogP contribution in [0.3, 0.4) is 0 Å². The van der Waals surface area contributed by atoms with Gasteiger partial charge in [-0.3, -0.25) is 4.79 Å². The summed E-state index contributed by atoms with van der Waals surface area (Å²) in [4.78, 5) is 13.8. The van der Waals surface area contributed by atoms with E-state index in [0.29, 0.717) is 16.3 Å². The van der Waals surface area contributed by atoms with Crippen LogP contribution >= 0.6 is 11.6 Å². The molecule has 4 nitrogen and oxygen atoms in total. The summed E-state index contributed by atoms with van der Waals surface area (Å²) in [5, 5.41) is 0.507. The Morgan fingerprint density at radius 1 is 1.40 bits per heavy atom. The van der Waals surface area contributed by atoms with Crippen LogP contribution in [0.4, 0.5) is 11.4 Å². The molecule has 20 heavy (non-hydrogen) atoms. The van der Waals surface area contributed by atoms with E-state index in [1.165, 1.54) is 12.8 Å². The first-order chi connectivity index (χ1) is 9.52. The van der Waals surface area contributed by atoms with E-state index in [1.807, 2.05) is 0 Å². The van der Waals surface area contributed by atoms with Gasteiger partial charge in [0, 0.05) is 18.8 Å². The molecule has 0 aromatic heterocycles. The molecule has 1 aliphatic rings. The Kier molecular flexibility index (Phi) is 4.76. The van der Waals surface area contributed by atoms with Gasteiger partial charge in [-0.1, -0.05) is 31.4 Å². The Bertz CT molecular complexity index is 496. The number of halogens is 1. The van der Waals surface area contributed by atoms with E-state index >= 15 is 0 Å². The molecule has 110 valence electrons. The second kappa shape index (κ2) is 6.35. The smallest absolute Gasteiger partial charge is 0.250 e. The molecule has 0 atom stereocenters. The zero-order valence-corrected chi connectivity index (χ0v) is 12.6. The van der Waals surface area contributed by atoms with Gasteiger partial charge in [0.2, 0.25) is 0 Å². The van der Waals surface area contributed by atoms with Crippen molar-refractivity contribution >= 4 is 28.9 Å². The van der Waals surface area contributed by atoms with Gasteiger partial charge in [-0.2, -0.15) is 0 Å². The number of carbonyl (C=O) groups is 1. The molecular weight excluding hydrogens is 274 g/mol. The predicted octanol–water partition coefficient (Wildman–Crippen LogP) is 3.04. The van der Waals surface area contributed by atoms with Crippen LogP contribution in [0.2, 0.25) is 5.02 Å². The second-order valence-corrected chi connectivity index (χ2v) is 5.89. The van der Waals surface area contributed by atoms with Gasteiger partial charge in [0.25, 0.3) is 5.91 Å². The minimum atomic E-state index is -0.482. The summed E-state index contributed by atoms with van der Waals surface area (Å²) in [5.74, 6) is 0.297. The van der Waals surface area contributed by atoms with Crippen molar-refractivity contribution in [1.29, 1.82) is 0 Å². The van der Waals surface area contributed by atoms with Gasteiger partial charge >= 0.3 is 0 Å². The molecule has 0 unspecified atom stereocenters. The summed E-state index contributed by atoms with van der Waals surface area (Å²) >= 11 is 6.28. The molecule has 1 aromatic carbocycles. The SMILES string of the molecule is CCCC1CCN(c2c(Cl)cc(N)cc2C(N)=O)CC1. The Morgan fingerprint density at radius 3 is 2.60 bits per heavy atom. The lowest BCUT2D eigenvalue weighted by Gasteiger charge is -2.35. The topological polar surface area (TPSA) is 72.3 Å². The number of anilines is 2. The third-order valence-electron chi connectivity index (χ3n) is 3.98. The fraction of sp³-hybridized carbons (Fsp3) is 0.533. The number of nitrogens with two attached hydrogens (primary N) is 2. The fourth-order valence-corrected chi connectivity index (χ4v) is 3.33. The van der Waals surface area contributed by atoms with Crippen molar-refractivity contribution in [2.24, 2.45) is 11.7 Å². The zero-order valence-electron chi connectivity index (χ0n) is 11.9. The third-order valence-corrected chi connectivity index (χ3v) is 4.27. The van der Waals surface area contributed by atoms with E-state index in [-0.39, 0.29) is 0 Å². The van der Waals surface area contributed by atoms with E-state index < -0.39 is 5.91 Å². The van der Waals surface area contributed by atoms with Crippen molar-refractivity contribution < 1.29 is 4.79 Å². The number of amides is 1. The van der Waals surface area contributed by atoms with Crippen LogP contribution in [0.5, 0.6) is 0 Å². The first kappa shape index (κ1) is 15.0. The highest BCUT2D eigenvalue weighted by Crippen LogP contribution is 2.35. The zero-order chi connectivity index (χ0) is 14.7. The number of benzene rings is 1. The minimum Gasteiger partial charge on any atom is -0.399 e. The van der Waals surface area contributed by atoms with E-state index in [1.54, 1.807) is 12.1 Å². The quantitative estimate of drug-likeness (QED) is 0.839. The standard InChI is InChI=1S/C15H22ClN3O/c1-2-3-10-4-6-19(7-5-10)14-12(15(18)20)8-11(17)9-13(14)16/h8-10H,2-7,17H2,1H3,(H2,18,20). The largest absolute Gasteiger partial charge is 0.399 e. The lowest BCUT2D eigenvalue weighted by molar-refractivity contribution is 0.100. The normalized spacial score (nSPS) is 16.4. The summed E-state index contributed by atoms with van der Waals surface area (Å²) in [5.41, 5.74) is 12.8. The van der Waals surface area contributed by atoms with Crippen LogP contribution < -0.4 is 16.4 Å². The van der Waals surface area contributed by atoms with Crippen LogP contribution in [-0.4, -0.2) is 19.0 Å². The monoisotopic (exact) mass is 295 g/mol. The molecule has 0 bridgehead atoms. The molecular formula is C15H22ClN3O. The van der Waals surface area contributed by atoms with Crippen molar-refractivity contribution in [3.63, 3.8) is 0 Å². The van der Waals surface area contributed by atoms with E-state index in [9.17, 15) is 4.79 Å². The molecule has 0 saturated carbocycles. The summed E-state index contributed by atoms with van der Waals surface area (Å²) in [6.07, 6.45) is 4.76. The van der Waals surface area contributed by atoms with Gasteiger partial charge in [-0.05, 0) is 30.9 Å². The predicted molar refractivity (Wildman–Crippen MR) is 84.2 cm³/mol. The molecule has 4 N–H and O–H groups in total. The fourth-order valence-electron chi connectivity index (χ4n) is 2.98. The van der Waals surface area contributed by atoms with Crippen LogP contribution in [-0.2, 0) is 0 Å². The Labute approximate surface area is 125 Å². The maximum absolute atomic E-state index is 11.6. The van der Waals surface area contributed by atoms with E-state index in [2.05, 4.69) is 11.8 Å². The van der Waals surface area contributed by atoms with Crippen molar-refractivity contribution in [2.75, 3.05) is 23.7 Å². The van der Waals surface area contributed by atoms with Crippen LogP contribution in [0.1, 0.15) is 43.0 Å². The van der Waals surface area contributed by atoms with Gasteiger partial charge in [0.1, 0.15) is 0 Å².